The summed E-state index contributed by atoms with van der Waals surface area (Å²) >= 11 is 9.53. The maximum atomic E-state index is 12.1. The van der Waals surface area contributed by atoms with Crippen LogP contribution in [0.25, 0.3) is 0 Å². The Labute approximate surface area is 135 Å². The number of nitro groups is 1. The number of carbonyl (C=O) groups excluding carboxylic acids is 1. The van der Waals surface area contributed by atoms with Crippen LogP contribution in [0.15, 0.2) is 12.1 Å². The van der Waals surface area contributed by atoms with Crippen molar-refractivity contribution < 1.29 is 9.72 Å². The number of anilines is 1. The van der Waals surface area contributed by atoms with Crippen LogP contribution in [0.1, 0.15) is 10.4 Å². The highest BCUT2D eigenvalue weighted by atomic mass is 35.5. The minimum absolute atomic E-state index is 0.0111. The molecule has 1 unspecified atom stereocenters. The second kappa shape index (κ2) is 7.24. The Hall–Kier alpha value is -1.12. The van der Waals surface area contributed by atoms with Crippen molar-refractivity contribution in [2.75, 3.05) is 29.5 Å². The summed E-state index contributed by atoms with van der Waals surface area (Å²) < 4.78 is 0. The number of carbonyl (C=O) groups is 1. The smallest absolute Gasteiger partial charge is 0.294 e. The molecule has 21 heavy (non-hydrogen) atoms. The second-order valence-electron chi connectivity index (χ2n) is 4.43. The van der Waals surface area contributed by atoms with Gasteiger partial charge in [0, 0.05) is 40.7 Å². The summed E-state index contributed by atoms with van der Waals surface area (Å²) in [6.07, 6.45) is 0. The van der Waals surface area contributed by atoms with E-state index >= 15 is 0 Å². The normalized spacial score (nSPS) is 18.2. The molecule has 1 saturated heterocycles. The van der Waals surface area contributed by atoms with Gasteiger partial charge in [-0.25, -0.2) is 0 Å². The summed E-state index contributed by atoms with van der Waals surface area (Å²) in [6.45, 7) is 0.534. The second-order valence-corrected chi connectivity index (χ2v) is 7.39. The number of benzene rings is 1. The topological polar surface area (TPSA) is 98.3 Å². The molecule has 3 N–H and O–H groups in total. The van der Waals surface area contributed by atoms with Crippen molar-refractivity contribution in [2.45, 2.75) is 5.25 Å². The van der Waals surface area contributed by atoms with Crippen LogP contribution in [0.2, 0.25) is 5.02 Å². The van der Waals surface area contributed by atoms with Crippen molar-refractivity contribution in [1.82, 2.24) is 5.32 Å². The molecule has 1 atom stereocenters. The number of hydrogen-bond donors (Lipinski definition) is 2. The average Bonchev–Trinajstić information content (AvgIpc) is 2.48. The quantitative estimate of drug-likeness (QED) is 0.493. The molecule has 1 fully saturated rings. The summed E-state index contributed by atoms with van der Waals surface area (Å²) in [4.78, 5) is 22.3. The van der Waals surface area contributed by atoms with Crippen LogP contribution >= 0.6 is 35.1 Å². The molecule has 1 aliphatic rings. The Morgan fingerprint density at radius 1 is 1.52 bits per heavy atom. The van der Waals surface area contributed by atoms with Gasteiger partial charge in [-0.3, -0.25) is 14.9 Å². The number of nitrogen functional groups attached to an aromatic ring is 1. The van der Waals surface area contributed by atoms with Gasteiger partial charge < -0.3 is 11.1 Å². The van der Waals surface area contributed by atoms with Crippen molar-refractivity contribution in [3.05, 3.63) is 32.8 Å². The highest BCUT2D eigenvalue weighted by Crippen LogP contribution is 2.31. The van der Waals surface area contributed by atoms with Crippen LogP contribution in [0, 0.1) is 10.1 Å². The van der Waals surface area contributed by atoms with Gasteiger partial charge in [-0.2, -0.15) is 23.5 Å². The molecule has 1 aromatic carbocycles. The first-order valence-corrected chi connectivity index (χ1v) is 8.78. The molecule has 114 valence electrons. The van der Waals surface area contributed by atoms with Crippen molar-refractivity contribution in [3.63, 3.8) is 0 Å². The maximum Gasteiger partial charge on any atom is 0.294 e. The Morgan fingerprint density at radius 3 is 2.90 bits per heavy atom. The summed E-state index contributed by atoms with van der Waals surface area (Å²) in [7, 11) is 0. The fraction of sp³-hybridized carbons (Fsp3) is 0.417. The number of amides is 1. The minimum atomic E-state index is -0.647. The van der Waals surface area contributed by atoms with Crippen LogP contribution in [0.3, 0.4) is 0 Å². The number of nitrogens with one attached hydrogen (secondary N) is 1. The molecular formula is C12H14ClN3O3S2. The Kier molecular flexibility index (Phi) is 5.60. The number of nitro benzene ring substituents is 1. The van der Waals surface area contributed by atoms with E-state index in [-0.39, 0.29) is 27.9 Å². The molecular weight excluding hydrogens is 334 g/mol. The molecule has 0 bridgehead atoms. The third kappa shape index (κ3) is 4.18. The monoisotopic (exact) mass is 347 g/mol. The maximum absolute atomic E-state index is 12.1. The fourth-order valence-electron chi connectivity index (χ4n) is 1.85. The van der Waals surface area contributed by atoms with Gasteiger partial charge >= 0.3 is 0 Å². The molecule has 1 aliphatic heterocycles. The van der Waals surface area contributed by atoms with Crippen LogP contribution in [0.4, 0.5) is 11.4 Å². The molecule has 9 heteroatoms. The number of nitrogens with zero attached hydrogens (tertiary/aromatic N) is 1. The first-order chi connectivity index (χ1) is 9.99. The Balaban J connectivity index is 2.06. The standard InChI is InChI=1S/C12H14ClN3O3S2/c13-9-3-7(4-10(11(9)14)16(18)19)12(17)15-5-8-6-20-1-2-21-8/h3-4,8H,1-2,5-6,14H2,(H,15,17). The zero-order chi connectivity index (χ0) is 15.4. The number of halogens is 1. The van der Waals surface area contributed by atoms with Gasteiger partial charge in [0.2, 0.25) is 0 Å². The largest absolute Gasteiger partial charge is 0.392 e. The molecule has 0 radical (unpaired) electrons. The predicted octanol–water partition coefficient (Wildman–Crippen LogP) is 2.41. The van der Waals surface area contributed by atoms with Gasteiger partial charge in [-0.05, 0) is 6.07 Å². The molecule has 6 nitrogen and oxygen atoms in total. The van der Waals surface area contributed by atoms with E-state index in [1.54, 1.807) is 0 Å². The molecule has 2 rings (SSSR count). The molecule has 1 heterocycles. The van der Waals surface area contributed by atoms with E-state index in [4.69, 9.17) is 17.3 Å². The highest BCUT2D eigenvalue weighted by Gasteiger charge is 2.20. The van der Waals surface area contributed by atoms with E-state index in [1.165, 1.54) is 6.07 Å². The molecule has 0 aromatic heterocycles. The molecule has 1 aromatic rings. The number of nitrogens with two attached hydrogens (primary N) is 1. The summed E-state index contributed by atoms with van der Waals surface area (Å²) in [5.74, 6) is 2.82. The molecule has 0 aliphatic carbocycles. The number of hydrogen-bond acceptors (Lipinski definition) is 6. The van der Waals surface area contributed by atoms with E-state index in [0.717, 1.165) is 23.3 Å². The van der Waals surface area contributed by atoms with Gasteiger partial charge in [0.25, 0.3) is 11.6 Å². The predicted molar refractivity (Wildman–Crippen MR) is 88.4 cm³/mol. The summed E-state index contributed by atoms with van der Waals surface area (Å²) in [6, 6.07) is 2.50. The van der Waals surface area contributed by atoms with Crippen molar-refractivity contribution in [2.24, 2.45) is 0 Å². The van der Waals surface area contributed by atoms with E-state index in [9.17, 15) is 14.9 Å². The van der Waals surface area contributed by atoms with Crippen LogP contribution in [-0.2, 0) is 0 Å². The van der Waals surface area contributed by atoms with E-state index in [2.05, 4.69) is 5.32 Å². The lowest BCUT2D eigenvalue weighted by atomic mass is 10.1. The molecule has 0 saturated carbocycles. The van der Waals surface area contributed by atoms with Crippen molar-refractivity contribution in [3.8, 4) is 0 Å². The van der Waals surface area contributed by atoms with Gasteiger partial charge in [0.1, 0.15) is 5.69 Å². The fourth-order valence-corrected chi connectivity index (χ4v) is 4.67. The first-order valence-electron chi connectivity index (χ1n) is 6.20. The average molecular weight is 348 g/mol. The summed E-state index contributed by atoms with van der Waals surface area (Å²) in [5, 5.41) is 14.0. The van der Waals surface area contributed by atoms with Crippen LogP contribution in [0.5, 0.6) is 0 Å². The SMILES string of the molecule is Nc1c(Cl)cc(C(=O)NCC2CSCCS2)cc1[N+](=O)[O-]. The van der Waals surface area contributed by atoms with Gasteiger partial charge in [0.15, 0.2) is 0 Å². The van der Waals surface area contributed by atoms with Gasteiger partial charge in [0.05, 0.1) is 9.95 Å². The third-order valence-electron chi connectivity index (χ3n) is 2.94. The van der Waals surface area contributed by atoms with E-state index in [1.807, 2.05) is 23.5 Å². The lowest BCUT2D eigenvalue weighted by Gasteiger charge is -2.21. The summed E-state index contributed by atoms with van der Waals surface area (Å²) in [5.41, 5.74) is 5.20. The zero-order valence-corrected chi connectivity index (χ0v) is 13.4. The van der Waals surface area contributed by atoms with Crippen LogP contribution in [-0.4, -0.2) is 39.9 Å². The Morgan fingerprint density at radius 2 is 2.29 bits per heavy atom. The Bertz CT molecular complexity index is 565. The van der Waals surface area contributed by atoms with Gasteiger partial charge in [-0.1, -0.05) is 11.6 Å². The molecule has 1 amide bonds. The van der Waals surface area contributed by atoms with E-state index < -0.39 is 4.92 Å². The van der Waals surface area contributed by atoms with E-state index in [0.29, 0.717) is 11.8 Å². The molecule has 0 spiro atoms. The highest BCUT2D eigenvalue weighted by molar-refractivity contribution is 8.06. The van der Waals surface area contributed by atoms with Crippen LogP contribution < -0.4 is 11.1 Å². The number of rotatable bonds is 4. The van der Waals surface area contributed by atoms with Gasteiger partial charge in [-0.15, -0.1) is 0 Å². The third-order valence-corrected chi connectivity index (χ3v) is 6.10. The van der Waals surface area contributed by atoms with Crippen molar-refractivity contribution in [1.29, 1.82) is 0 Å². The lowest BCUT2D eigenvalue weighted by molar-refractivity contribution is -0.383. The lowest BCUT2D eigenvalue weighted by Crippen LogP contribution is -2.33. The first kappa shape index (κ1) is 16.3. The zero-order valence-electron chi connectivity index (χ0n) is 11.0. The minimum Gasteiger partial charge on any atom is -0.392 e. The van der Waals surface area contributed by atoms with Crippen molar-refractivity contribution >= 4 is 52.4 Å². The number of thioether (sulfide) groups is 2.